The van der Waals surface area contributed by atoms with Crippen molar-refractivity contribution in [2.24, 2.45) is 0 Å². The third-order valence-corrected chi connectivity index (χ3v) is 5.20. The van der Waals surface area contributed by atoms with Crippen molar-refractivity contribution in [1.29, 1.82) is 0 Å². The lowest BCUT2D eigenvalue weighted by Gasteiger charge is -2.08. The molecular weight excluding hydrogens is 358 g/mol. The molecule has 4 aromatic rings. The summed E-state index contributed by atoms with van der Waals surface area (Å²) in [5.41, 5.74) is 2.56. The van der Waals surface area contributed by atoms with Crippen molar-refractivity contribution in [3.63, 3.8) is 0 Å². The van der Waals surface area contributed by atoms with Crippen LogP contribution in [0.25, 0.3) is 10.7 Å². The van der Waals surface area contributed by atoms with Gasteiger partial charge in [-0.2, -0.15) is 5.10 Å². The number of aryl methyl sites for hydroxylation is 1. The number of hydrogen-bond acceptors (Lipinski definition) is 5. The number of anilines is 1. The first-order chi connectivity index (χ1) is 13.2. The molecule has 27 heavy (non-hydrogen) atoms. The molecule has 1 amide bonds. The van der Waals surface area contributed by atoms with Crippen molar-refractivity contribution < 1.29 is 4.79 Å². The summed E-state index contributed by atoms with van der Waals surface area (Å²) in [4.78, 5) is 22.1. The van der Waals surface area contributed by atoms with Crippen LogP contribution in [0.1, 0.15) is 20.9 Å². The van der Waals surface area contributed by atoms with E-state index in [-0.39, 0.29) is 5.91 Å². The molecule has 0 radical (unpaired) electrons. The van der Waals surface area contributed by atoms with E-state index in [2.05, 4.69) is 20.4 Å². The molecule has 0 aliphatic heterocycles. The zero-order valence-corrected chi connectivity index (χ0v) is 15.5. The number of pyridine rings is 1. The Bertz CT molecular complexity index is 1060. The molecule has 0 spiro atoms. The van der Waals surface area contributed by atoms with Gasteiger partial charge in [0, 0.05) is 12.3 Å². The average Bonchev–Trinajstić information content (AvgIpc) is 3.30. The Hall–Kier alpha value is -3.32. The Morgan fingerprint density at radius 3 is 2.67 bits per heavy atom. The van der Waals surface area contributed by atoms with Crippen LogP contribution in [0.5, 0.6) is 0 Å². The Morgan fingerprint density at radius 2 is 1.89 bits per heavy atom. The largest absolute Gasteiger partial charge is 0.306 e. The van der Waals surface area contributed by atoms with Crippen molar-refractivity contribution in [2.75, 3.05) is 5.32 Å². The Kier molecular flexibility index (Phi) is 4.76. The first-order valence-electron chi connectivity index (χ1n) is 8.46. The van der Waals surface area contributed by atoms with Crippen LogP contribution >= 0.6 is 11.3 Å². The van der Waals surface area contributed by atoms with Gasteiger partial charge in [0.1, 0.15) is 15.7 Å². The summed E-state index contributed by atoms with van der Waals surface area (Å²) < 4.78 is 1.77. The number of nitrogens with zero attached hydrogens (tertiary/aromatic N) is 4. The fourth-order valence-corrected chi connectivity index (χ4v) is 3.64. The molecule has 134 valence electrons. The summed E-state index contributed by atoms with van der Waals surface area (Å²) in [7, 11) is 0. The molecular formula is C20H17N5OS. The zero-order chi connectivity index (χ0) is 18.6. The number of benzene rings is 1. The van der Waals surface area contributed by atoms with Crippen LogP contribution in [0.4, 0.5) is 5.82 Å². The summed E-state index contributed by atoms with van der Waals surface area (Å²) in [6.45, 7) is 2.42. The SMILES string of the molecule is Cc1nc(-c2ccccn2)sc1C(=O)Nc1ccnn1Cc1ccccc1. The normalized spacial score (nSPS) is 10.7. The minimum Gasteiger partial charge on any atom is -0.306 e. The fraction of sp³-hybridized carbons (Fsp3) is 0.100. The van der Waals surface area contributed by atoms with Gasteiger partial charge in [0.05, 0.1) is 24.1 Å². The highest BCUT2D eigenvalue weighted by Gasteiger charge is 2.18. The van der Waals surface area contributed by atoms with Crippen LogP contribution in [-0.2, 0) is 6.54 Å². The van der Waals surface area contributed by atoms with Crippen LogP contribution < -0.4 is 5.32 Å². The summed E-state index contributed by atoms with van der Waals surface area (Å²) >= 11 is 1.34. The van der Waals surface area contributed by atoms with E-state index in [4.69, 9.17) is 0 Å². The van der Waals surface area contributed by atoms with E-state index < -0.39 is 0 Å². The molecule has 3 heterocycles. The van der Waals surface area contributed by atoms with Crippen LogP contribution in [0, 0.1) is 6.92 Å². The summed E-state index contributed by atoms with van der Waals surface area (Å²) in [5.74, 6) is 0.457. The van der Waals surface area contributed by atoms with Gasteiger partial charge in [0.2, 0.25) is 0 Å². The predicted molar refractivity (Wildman–Crippen MR) is 106 cm³/mol. The van der Waals surface area contributed by atoms with E-state index in [0.29, 0.717) is 22.9 Å². The molecule has 1 N–H and O–H groups in total. The number of amides is 1. The molecule has 6 nitrogen and oxygen atoms in total. The molecule has 0 saturated heterocycles. The van der Waals surface area contributed by atoms with Gasteiger partial charge in [-0.25, -0.2) is 9.67 Å². The number of aromatic nitrogens is 4. The molecule has 3 aromatic heterocycles. The first kappa shape index (κ1) is 17.1. The molecule has 7 heteroatoms. The monoisotopic (exact) mass is 375 g/mol. The second-order valence-electron chi connectivity index (χ2n) is 5.96. The van der Waals surface area contributed by atoms with Crippen molar-refractivity contribution in [3.05, 3.63) is 83.1 Å². The molecule has 0 saturated carbocycles. The summed E-state index contributed by atoms with van der Waals surface area (Å²) in [6.07, 6.45) is 3.39. The van der Waals surface area contributed by atoms with E-state index in [1.165, 1.54) is 11.3 Å². The highest BCUT2D eigenvalue weighted by atomic mass is 32.1. The number of nitrogens with one attached hydrogen (secondary N) is 1. The standard InChI is InChI=1S/C20H17N5OS/c1-14-18(27-20(23-14)16-9-5-6-11-21-16)19(26)24-17-10-12-22-25(17)13-15-7-3-2-4-8-15/h2-12H,13H2,1H3,(H,24,26). The van der Waals surface area contributed by atoms with Crippen molar-refractivity contribution in [3.8, 4) is 10.7 Å². The molecule has 0 bridgehead atoms. The van der Waals surface area contributed by atoms with E-state index in [1.54, 1.807) is 23.1 Å². The minimum atomic E-state index is -0.193. The number of hydrogen-bond donors (Lipinski definition) is 1. The highest BCUT2D eigenvalue weighted by Crippen LogP contribution is 2.27. The molecule has 0 aliphatic rings. The molecule has 0 aliphatic carbocycles. The summed E-state index contributed by atoms with van der Waals surface area (Å²) in [6, 6.07) is 17.4. The lowest BCUT2D eigenvalue weighted by Crippen LogP contribution is -2.16. The topological polar surface area (TPSA) is 72.7 Å². The number of carbonyl (C=O) groups excluding carboxylic acids is 1. The minimum absolute atomic E-state index is 0.193. The molecule has 0 atom stereocenters. The van der Waals surface area contributed by atoms with Crippen molar-refractivity contribution >= 4 is 23.1 Å². The van der Waals surface area contributed by atoms with Crippen LogP contribution in [0.15, 0.2) is 67.0 Å². The van der Waals surface area contributed by atoms with Gasteiger partial charge in [-0.1, -0.05) is 36.4 Å². The van der Waals surface area contributed by atoms with E-state index in [1.807, 2.05) is 55.5 Å². The maximum absolute atomic E-state index is 12.8. The maximum Gasteiger partial charge on any atom is 0.268 e. The smallest absolute Gasteiger partial charge is 0.268 e. The fourth-order valence-electron chi connectivity index (χ4n) is 2.70. The van der Waals surface area contributed by atoms with Gasteiger partial charge in [0.25, 0.3) is 5.91 Å². The lowest BCUT2D eigenvalue weighted by atomic mass is 10.2. The average molecular weight is 375 g/mol. The van der Waals surface area contributed by atoms with Crippen LogP contribution in [0.3, 0.4) is 0 Å². The lowest BCUT2D eigenvalue weighted by molar-refractivity contribution is 0.102. The van der Waals surface area contributed by atoms with Gasteiger partial charge in [-0.3, -0.25) is 9.78 Å². The Labute approximate surface area is 160 Å². The van der Waals surface area contributed by atoms with Gasteiger partial charge in [0.15, 0.2) is 0 Å². The highest BCUT2D eigenvalue weighted by molar-refractivity contribution is 7.17. The maximum atomic E-state index is 12.8. The van der Waals surface area contributed by atoms with Crippen LogP contribution in [0.2, 0.25) is 0 Å². The number of rotatable bonds is 5. The zero-order valence-electron chi connectivity index (χ0n) is 14.7. The third-order valence-electron chi connectivity index (χ3n) is 4.02. The third kappa shape index (κ3) is 3.78. The Balaban J connectivity index is 1.54. The second-order valence-corrected chi connectivity index (χ2v) is 6.96. The van der Waals surface area contributed by atoms with Gasteiger partial charge < -0.3 is 5.32 Å². The predicted octanol–water partition coefficient (Wildman–Crippen LogP) is 4.01. The van der Waals surface area contributed by atoms with Crippen LogP contribution in [-0.4, -0.2) is 25.7 Å². The molecule has 1 aromatic carbocycles. The van der Waals surface area contributed by atoms with Gasteiger partial charge >= 0.3 is 0 Å². The quantitative estimate of drug-likeness (QED) is 0.572. The molecule has 0 unspecified atom stereocenters. The number of carbonyl (C=O) groups is 1. The van der Waals surface area contributed by atoms with Gasteiger partial charge in [-0.05, 0) is 24.6 Å². The second kappa shape index (κ2) is 7.51. The number of thiazole rings is 1. The van der Waals surface area contributed by atoms with E-state index >= 15 is 0 Å². The molecule has 0 fully saturated rings. The molecule has 4 rings (SSSR count). The van der Waals surface area contributed by atoms with Crippen molar-refractivity contribution in [1.82, 2.24) is 19.7 Å². The Morgan fingerprint density at radius 1 is 1.07 bits per heavy atom. The first-order valence-corrected chi connectivity index (χ1v) is 9.28. The van der Waals surface area contributed by atoms with Gasteiger partial charge in [-0.15, -0.1) is 11.3 Å². The summed E-state index contributed by atoms with van der Waals surface area (Å²) in [5, 5.41) is 7.99. The van der Waals surface area contributed by atoms with E-state index in [9.17, 15) is 4.79 Å². The van der Waals surface area contributed by atoms with E-state index in [0.717, 1.165) is 16.3 Å². The van der Waals surface area contributed by atoms with Crippen molar-refractivity contribution in [2.45, 2.75) is 13.5 Å².